The van der Waals surface area contributed by atoms with Crippen LogP contribution in [0.5, 0.6) is 5.75 Å². The van der Waals surface area contributed by atoms with Crippen molar-refractivity contribution in [3.05, 3.63) is 54.4 Å². The molecule has 3 aliphatic rings. The number of aliphatic hydroxyl groups is 1. The lowest BCUT2D eigenvalue weighted by Crippen LogP contribution is -2.59. The van der Waals surface area contributed by atoms with E-state index in [2.05, 4.69) is 55.2 Å². The van der Waals surface area contributed by atoms with Gasteiger partial charge in [0, 0.05) is 55.6 Å². The quantitative estimate of drug-likeness (QED) is 0.385. The van der Waals surface area contributed by atoms with Crippen LogP contribution < -0.4 is 15.0 Å². The van der Waals surface area contributed by atoms with Gasteiger partial charge in [-0.1, -0.05) is 7.43 Å². The Labute approximate surface area is 262 Å². The first kappa shape index (κ1) is 32.0. The number of alkyl halides is 1. The second-order valence-corrected chi connectivity index (χ2v) is 11.3. The van der Waals surface area contributed by atoms with Gasteiger partial charge in [0.25, 0.3) is 0 Å². The second-order valence-electron chi connectivity index (χ2n) is 11.3. The number of piperazine rings is 1. The third kappa shape index (κ3) is 7.14. The summed E-state index contributed by atoms with van der Waals surface area (Å²) in [6.45, 7) is 6.38. The van der Waals surface area contributed by atoms with Crippen molar-refractivity contribution in [3.8, 4) is 23.2 Å². The lowest BCUT2D eigenvalue weighted by Gasteiger charge is -2.46. The molecule has 2 aromatic carbocycles. The largest absolute Gasteiger partial charge is 0.486 e. The molecule has 3 aliphatic heterocycles. The number of halogens is 1. The van der Waals surface area contributed by atoms with Crippen molar-refractivity contribution in [1.82, 2.24) is 24.8 Å². The van der Waals surface area contributed by atoms with E-state index in [1.165, 1.54) is 16.9 Å². The Hall–Kier alpha value is -4.38. The molecule has 13 heteroatoms. The number of nitrogens with one attached hydrogen (secondary N) is 1. The van der Waals surface area contributed by atoms with E-state index in [9.17, 15) is 14.4 Å². The molecule has 0 saturated carbocycles. The van der Waals surface area contributed by atoms with Crippen LogP contribution in [0.2, 0.25) is 0 Å². The maximum atomic E-state index is 14.7. The number of benzene rings is 2. The summed E-state index contributed by atoms with van der Waals surface area (Å²) in [7, 11) is 0. The second kappa shape index (κ2) is 14.2. The third-order valence-corrected chi connectivity index (χ3v) is 8.43. The van der Waals surface area contributed by atoms with Crippen molar-refractivity contribution < 1.29 is 23.8 Å². The summed E-state index contributed by atoms with van der Waals surface area (Å²) < 4.78 is 26.0. The fraction of sp³-hybridized carbons (Fsp3) is 0.469. The number of aromatic nitrogens is 3. The van der Waals surface area contributed by atoms with Gasteiger partial charge in [-0.25, -0.2) is 14.4 Å². The van der Waals surface area contributed by atoms with Gasteiger partial charge in [0.2, 0.25) is 11.9 Å². The van der Waals surface area contributed by atoms with Crippen molar-refractivity contribution in [1.29, 1.82) is 5.26 Å². The molecule has 3 saturated heterocycles. The predicted molar refractivity (Wildman–Crippen MR) is 167 cm³/mol. The zero-order chi connectivity index (χ0) is 30.6. The van der Waals surface area contributed by atoms with Crippen LogP contribution in [0.3, 0.4) is 0 Å². The minimum Gasteiger partial charge on any atom is -0.486 e. The van der Waals surface area contributed by atoms with Crippen molar-refractivity contribution in [2.75, 3.05) is 62.8 Å². The van der Waals surface area contributed by atoms with E-state index in [0.717, 1.165) is 38.5 Å². The summed E-state index contributed by atoms with van der Waals surface area (Å²) >= 11 is 0. The van der Waals surface area contributed by atoms with E-state index < -0.39 is 24.8 Å². The maximum Gasteiger partial charge on any atom is 0.248 e. The molecule has 3 aromatic rings. The van der Waals surface area contributed by atoms with Crippen LogP contribution >= 0.6 is 0 Å². The molecular formula is C32H39FN8O4. The van der Waals surface area contributed by atoms with Crippen LogP contribution in [0.4, 0.5) is 21.7 Å². The molecule has 0 unspecified atom stereocenters. The average Bonchev–Trinajstić information content (AvgIpc) is 3.01. The first-order valence-electron chi connectivity index (χ1n) is 14.8. The van der Waals surface area contributed by atoms with E-state index in [-0.39, 0.29) is 38.2 Å². The zero-order valence-corrected chi connectivity index (χ0v) is 24.5. The predicted octanol–water partition coefficient (Wildman–Crippen LogP) is 3.01. The standard InChI is InChI=1S/C31H35FN8O4.CH4/c1-20-14-38(25-17-43-18-25)10-11-40(20)24-5-3-23(4-6-24)36-31-35-19-34-30(37-31)21-2-7-27(22(12-21)13-33)44-28-8-9-39(15-26(28)32)29(42)16-41;/h2-7,12,19-20,25-26,28,41H,8-11,14-18H2,1H3,(H,34,35,36,37);1H4/t20-,26-,28+;/m1./s1. The van der Waals surface area contributed by atoms with Gasteiger partial charge >= 0.3 is 0 Å². The van der Waals surface area contributed by atoms with Crippen molar-refractivity contribution in [3.63, 3.8) is 0 Å². The van der Waals surface area contributed by atoms with E-state index in [1.807, 2.05) is 12.1 Å². The van der Waals surface area contributed by atoms with Crippen LogP contribution in [-0.2, 0) is 9.53 Å². The Morgan fingerprint density at radius 3 is 2.62 bits per heavy atom. The van der Waals surface area contributed by atoms with Gasteiger partial charge in [-0.2, -0.15) is 10.2 Å². The fourth-order valence-corrected chi connectivity index (χ4v) is 5.86. The smallest absolute Gasteiger partial charge is 0.248 e. The number of carbonyl (C=O) groups is 1. The van der Waals surface area contributed by atoms with Crippen molar-refractivity contribution >= 4 is 23.2 Å². The Balaban J connectivity index is 0.00000400. The number of nitrogens with zero attached hydrogens (tertiary/aromatic N) is 7. The number of nitriles is 1. The first-order valence-corrected chi connectivity index (χ1v) is 14.8. The van der Waals surface area contributed by atoms with Crippen LogP contribution in [0, 0.1) is 11.3 Å². The summed E-state index contributed by atoms with van der Waals surface area (Å²) in [5.74, 6) is 0.447. The number of aliphatic hydroxyl groups excluding tert-OH is 1. The van der Waals surface area contributed by atoms with Crippen molar-refractivity contribution in [2.45, 2.75) is 45.1 Å². The lowest BCUT2D eigenvalue weighted by atomic mass is 10.0. The number of piperidine rings is 1. The minimum absolute atomic E-state index is 0. The van der Waals surface area contributed by atoms with Gasteiger partial charge in [-0.15, -0.1) is 0 Å². The number of amides is 1. The fourth-order valence-electron chi connectivity index (χ4n) is 5.86. The zero-order valence-electron chi connectivity index (χ0n) is 24.5. The molecule has 6 rings (SSSR count). The molecule has 45 heavy (non-hydrogen) atoms. The molecule has 0 aliphatic carbocycles. The average molecular weight is 619 g/mol. The van der Waals surface area contributed by atoms with Gasteiger partial charge in [-0.05, 0) is 49.4 Å². The molecule has 0 spiro atoms. The Morgan fingerprint density at radius 2 is 1.96 bits per heavy atom. The summed E-state index contributed by atoms with van der Waals surface area (Å²) in [6, 6.07) is 16.2. The molecule has 3 fully saturated rings. The summed E-state index contributed by atoms with van der Waals surface area (Å²) in [5, 5.41) is 22.1. The van der Waals surface area contributed by atoms with Gasteiger partial charge in [0.1, 0.15) is 30.9 Å². The molecule has 1 amide bonds. The highest BCUT2D eigenvalue weighted by molar-refractivity contribution is 5.77. The Kier molecular flexibility index (Phi) is 10.1. The molecular weight excluding hydrogens is 579 g/mol. The van der Waals surface area contributed by atoms with Gasteiger partial charge in [0.15, 0.2) is 12.0 Å². The summed E-state index contributed by atoms with van der Waals surface area (Å²) in [6.07, 6.45) is -0.614. The van der Waals surface area contributed by atoms with Crippen LogP contribution in [-0.4, -0.2) is 113 Å². The third-order valence-electron chi connectivity index (χ3n) is 8.43. The molecule has 238 valence electrons. The molecule has 3 atom stereocenters. The molecule has 4 heterocycles. The van der Waals surface area contributed by atoms with E-state index in [1.54, 1.807) is 18.2 Å². The number of anilines is 3. The molecule has 2 N–H and O–H groups in total. The number of rotatable bonds is 8. The lowest BCUT2D eigenvalue weighted by molar-refractivity contribution is -0.138. The first-order chi connectivity index (χ1) is 21.4. The van der Waals surface area contributed by atoms with Gasteiger partial charge in [-0.3, -0.25) is 9.69 Å². The monoisotopic (exact) mass is 618 g/mol. The normalized spacial score (nSPS) is 22.1. The Bertz CT molecular complexity index is 1520. The van der Waals surface area contributed by atoms with Crippen LogP contribution in [0.1, 0.15) is 26.3 Å². The van der Waals surface area contributed by atoms with E-state index in [0.29, 0.717) is 29.4 Å². The number of ether oxygens (including phenoxy) is 2. The number of hydrogen-bond donors (Lipinski definition) is 2. The number of likely N-dealkylation sites (tertiary alicyclic amines) is 1. The van der Waals surface area contributed by atoms with Gasteiger partial charge in [0.05, 0.1) is 31.4 Å². The highest BCUT2D eigenvalue weighted by atomic mass is 19.1. The molecule has 12 nitrogen and oxygen atoms in total. The van der Waals surface area contributed by atoms with Crippen LogP contribution in [0.25, 0.3) is 11.4 Å². The highest BCUT2D eigenvalue weighted by Gasteiger charge is 2.34. The van der Waals surface area contributed by atoms with E-state index >= 15 is 0 Å². The summed E-state index contributed by atoms with van der Waals surface area (Å²) in [5.41, 5.74) is 2.79. The maximum absolute atomic E-state index is 14.7. The van der Waals surface area contributed by atoms with Crippen molar-refractivity contribution in [2.24, 2.45) is 0 Å². The van der Waals surface area contributed by atoms with E-state index in [4.69, 9.17) is 14.6 Å². The molecule has 0 bridgehead atoms. The van der Waals surface area contributed by atoms with Crippen LogP contribution in [0.15, 0.2) is 48.8 Å². The Morgan fingerprint density at radius 1 is 1.16 bits per heavy atom. The summed E-state index contributed by atoms with van der Waals surface area (Å²) in [4.78, 5) is 31.0. The molecule has 0 radical (unpaired) electrons. The number of hydrogen-bond acceptors (Lipinski definition) is 11. The van der Waals surface area contributed by atoms with Gasteiger partial charge < -0.3 is 29.7 Å². The number of carbonyl (C=O) groups excluding carboxylic acids is 1. The topological polar surface area (TPSA) is 140 Å². The SMILES string of the molecule is C.C[C@@H]1CN(C2COC2)CCN1c1ccc(Nc2ncnc(-c3ccc(O[C@H]4CCN(C(=O)CO)C[C@H]4F)c(C#N)c3)n2)cc1. The minimum atomic E-state index is -1.45. The highest BCUT2D eigenvalue weighted by Crippen LogP contribution is 2.29. The molecule has 1 aromatic heterocycles.